The second-order valence-corrected chi connectivity index (χ2v) is 5.32. The minimum absolute atomic E-state index is 0.0102. The van der Waals surface area contributed by atoms with Crippen molar-refractivity contribution in [2.45, 2.75) is 32.4 Å². The van der Waals surface area contributed by atoms with Gasteiger partial charge in [0.15, 0.2) is 0 Å². The zero-order chi connectivity index (χ0) is 15.9. The summed E-state index contributed by atoms with van der Waals surface area (Å²) in [6, 6.07) is -0.0884. The Morgan fingerprint density at radius 2 is 2.36 bits per heavy atom. The fourth-order valence-electron chi connectivity index (χ4n) is 2.12. The standard InChI is InChI=1S/C15H22FN3O3/c1-10(2)4-7-22-13-5-6-21-9-12(13)18-15-17-8-11(16)14(19-15)20-3/h4,8,12-13H,5-7,9H2,1-3H3,(H,17,18,19)/t12-,13+/m0/s1. The first kappa shape index (κ1) is 16.6. The number of rotatable bonds is 6. The van der Waals surface area contributed by atoms with Gasteiger partial charge in [0.1, 0.15) is 0 Å². The van der Waals surface area contributed by atoms with Crippen LogP contribution in [0.3, 0.4) is 0 Å². The molecule has 1 N–H and O–H groups in total. The average Bonchev–Trinajstić information content (AvgIpc) is 2.50. The topological polar surface area (TPSA) is 65.5 Å². The molecular weight excluding hydrogens is 289 g/mol. The molecule has 1 aromatic heterocycles. The van der Waals surface area contributed by atoms with Gasteiger partial charge in [-0.1, -0.05) is 11.6 Å². The maximum Gasteiger partial charge on any atom is 0.255 e. The quantitative estimate of drug-likeness (QED) is 0.812. The summed E-state index contributed by atoms with van der Waals surface area (Å²) >= 11 is 0. The van der Waals surface area contributed by atoms with E-state index in [0.717, 1.165) is 12.6 Å². The first-order valence-corrected chi connectivity index (χ1v) is 7.26. The van der Waals surface area contributed by atoms with Gasteiger partial charge >= 0.3 is 0 Å². The molecule has 2 atom stereocenters. The number of ether oxygens (including phenoxy) is 3. The predicted octanol–water partition coefficient (Wildman–Crippen LogP) is 2.18. The summed E-state index contributed by atoms with van der Waals surface area (Å²) in [6.45, 7) is 5.76. The molecule has 0 unspecified atom stereocenters. The molecule has 1 aliphatic heterocycles. The second-order valence-electron chi connectivity index (χ2n) is 5.32. The van der Waals surface area contributed by atoms with Gasteiger partial charge in [-0.05, 0) is 20.3 Å². The van der Waals surface area contributed by atoms with Crippen LogP contribution in [0.25, 0.3) is 0 Å². The van der Waals surface area contributed by atoms with Gasteiger partial charge in [0.25, 0.3) is 5.88 Å². The van der Waals surface area contributed by atoms with Gasteiger partial charge in [-0.25, -0.2) is 4.98 Å². The molecule has 0 amide bonds. The number of nitrogens with one attached hydrogen (secondary N) is 1. The molecule has 2 heterocycles. The van der Waals surface area contributed by atoms with Gasteiger partial charge in [-0.2, -0.15) is 9.37 Å². The highest BCUT2D eigenvalue weighted by molar-refractivity contribution is 5.30. The van der Waals surface area contributed by atoms with Crippen LogP contribution >= 0.6 is 0 Å². The molecule has 0 saturated carbocycles. The predicted molar refractivity (Wildman–Crippen MR) is 80.6 cm³/mol. The van der Waals surface area contributed by atoms with Crippen molar-refractivity contribution in [2.75, 3.05) is 32.2 Å². The van der Waals surface area contributed by atoms with E-state index < -0.39 is 5.82 Å². The zero-order valence-corrected chi connectivity index (χ0v) is 13.1. The van der Waals surface area contributed by atoms with Crippen LogP contribution in [-0.4, -0.2) is 49.0 Å². The normalized spacial score (nSPS) is 21.3. The van der Waals surface area contributed by atoms with Crippen molar-refractivity contribution in [2.24, 2.45) is 0 Å². The SMILES string of the molecule is COc1nc(N[C@H]2COCC[C@H]2OCC=C(C)C)ncc1F. The number of nitrogens with zero attached hydrogens (tertiary/aromatic N) is 2. The van der Waals surface area contributed by atoms with Crippen LogP contribution in [0, 0.1) is 5.82 Å². The highest BCUT2D eigenvalue weighted by Gasteiger charge is 2.27. The van der Waals surface area contributed by atoms with E-state index in [9.17, 15) is 4.39 Å². The fourth-order valence-corrected chi connectivity index (χ4v) is 2.12. The number of hydrogen-bond donors (Lipinski definition) is 1. The first-order valence-electron chi connectivity index (χ1n) is 7.26. The lowest BCUT2D eigenvalue weighted by Gasteiger charge is -2.31. The van der Waals surface area contributed by atoms with Gasteiger partial charge in [0, 0.05) is 6.61 Å². The van der Waals surface area contributed by atoms with Gasteiger partial charge in [-0.3, -0.25) is 0 Å². The maximum absolute atomic E-state index is 13.3. The van der Waals surface area contributed by atoms with Crippen molar-refractivity contribution in [3.8, 4) is 5.88 Å². The van der Waals surface area contributed by atoms with Gasteiger partial charge < -0.3 is 19.5 Å². The van der Waals surface area contributed by atoms with Gasteiger partial charge in [0.2, 0.25) is 11.8 Å². The van der Waals surface area contributed by atoms with Crippen molar-refractivity contribution < 1.29 is 18.6 Å². The molecular formula is C15H22FN3O3. The van der Waals surface area contributed by atoms with E-state index in [2.05, 4.69) is 15.3 Å². The van der Waals surface area contributed by atoms with Crippen LogP contribution < -0.4 is 10.1 Å². The summed E-state index contributed by atoms with van der Waals surface area (Å²) in [5.41, 5.74) is 1.21. The van der Waals surface area contributed by atoms with E-state index in [0.29, 0.717) is 25.8 Å². The average molecular weight is 311 g/mol. The Labute approximate surface area is 129 Å². The highest BCUT2D eigenvalue weighted by atomic mass is 19.1. The third-order valence-corrected chi connectivity index (χ3v) is 3.31. The van der Waals surface area contributed by atoms with E-state index in [1.165, 1.54) is 12.7 Å². The molecule has 6 nitrogen and oxygen atoms in total. The summed E-state index contributed by atoms with van der Waals surface area (Å²) in [4.78, 5) is 7.91. The lowest BCUT2D eigenvalue weighted by atomic mass is 10.1. The Bertz CT molecular complexity index is 521. The summed E-state index contributed by atoms with van der Waals surface area (Å²) in [7, 11) is 1.37. The Balaban J connectivity index is 2.00. The third kappa shape index (κ3) is 4.64. The summed E-state index contributed by atoms with van der Waals surface area (Å²) in [6.07, 6.45) is 3.89. The highest BCUT2D eigenvalue weighted by Crippen LogP contribution is 2.18. The van der Waals surface area contributed by atoms with Crippen LogP contribution in [0.5, 0.6) is 5.88 Å². The maximum atomic E-state index is 13.3. The Kier molecular flexibility index (Phi) is 6.09. The van der Waals surface area contributed by atoms with Crippen molar-refractivity contribution in [1.29, 1.82) is 0 Å². The van der Waals surface area contributed by atoms with E-state index in [-0.39, 0.29) is 18.0 Å². The number of halogens is 1. The summed E-state index contributed by atoms with van der Waals surface area (Å²) < 4.78 is 29.5. The van der Waals surface area contributed by atoms with Gasteiger partial charge in [-0.15, -0.1) is 0 Å². The molecule has 122 valence electrons. The summed E-state index contributed by atoms with van der Waals surface area (Å²) in [5.74, 6) is -0.384. The number of anilines is 1. The number of aromatic nitrogens is 2. The van der Waals surface area contributed by atoms with Crippen LogP contribution in [0.15, 0.2) is 17.8 Å². The van der Waals surface area contributed by atoms with E-state index in [1.807, 2.05) is 19.9 Å². The third-order valence-electron chi connectivity index (χ3n) is 3.31. The molecule has 0 aromatic carbocycles. The van der Waals surface area contributed by atoms with Crippen LogP contribution in [-0.2, 0) is 9.47 Å². The molecule has 7 heteroatoms. The van der Waals surface area contributed by atoms with Crippen molar-refractivity contribution in [3.63, 3.8) is 0 Å². The molecule has 22 heavy (non-hydrogen) atoms. The van der Waals surface area contributed by atoms with Crippen molar-refractivity contribution in [1.82, 2.24) is 9.97 Å². The smallest absolute Gasteiger partial charge is 0.255 e. The van der Waals surface area contributed by atoms with Crippen molar-refractivity contribution >= 4 is 5.95 Å². The van der Waals surface area contributed by atoms with E-state index in [4.69, 9.17) is 14.2 Å². The Morgan fingerprint density at radius 1 is 1.55 bits per heavy atom. The largest absolute Gasteiger partial charge is 0.479 e. The lowest BCUT2D eigenvalue weighted by Crippen LogP contribution is -2.44. The lowest BCUT2D eigenvalue weighted by molar-refractivity contribution is -0.0319. The number of hydrogen-bond acceptors (Lipinski definition) is 6. The first-order chi connectivity index (χ1) is 10.6. The molecule has 1 saturated heterocycles. The molecule has 1 aromatic rings. The van der Waals surface area contributed by atoms with E-state index in [1.54, 1.807) is 0 Å². The molecule has 1 aliphatic rings. The van der Waals surface area contributed by atoms with Crippen LogP contribution in [0.4, 0.5) is 10.3 Å². The molecule has 1 fully saturated rings. The second kappa shape index (κ2) is 8.05. The van der Waals surface area contributed by atoms with Crippen LogP contribution in [0.2, 0.25) is 0 Å². The van der Waals surface area contributed by atoms with Crippen molar-refractivity contribution in [3.05, 3.63) is 23.7 Å². The fraction of sp³-hybridized carbons (Fsp3) is 0.600. The van der Waals surface area contributed by atoms with E-state index >= 15 is 0 Å². The molecule has 0 spiro atoms. The summed E-state index contributed by atoms with van der Waals surface area (Å²) in [5, 5.41) is 3.13. The minimum Gasteiger partial charge on any atom is -0.479 e. The molecule has 0 aliphatic carbocycles. The minimum atomic E-state index is -0.593. The molecule has 0 radical (unpaired) electrons. The zero-order valence-electron chi connectivity index (χ0n) is 13.1. The molecule has 0 bridgehead atoms. The number of allylic oxidation sites excluding steroid dienone is 1. The Hall–Kier alpha value is -1.73. The van der Waals surface area contributed by atoms with Crippen LogP contribution in [0.1, 0.15) is 20.3 Å². The van der Waals surface area contributed by atoms with Gasteiger partial charge in [0.05, 0.1) is 38.7 Å². The Morgan fingerprint density at radius 3 is 3.09 bits per heavy atom. The molecule has 2 rings (SSSR count). The monoisotopic (exact) mass is 311 g/mol. The number of methoxy groups -OCH3 is 1.